The molecule has 0 saturated heterocycles. The zero-order chi connectivity index (χ0) is 15.2. The standard InChI is InChI=1S/C17H21NO3/c1-4-21-15-7-5-6-13(10-15)18-12(2)16-9-8-14(20-3)11-17(16)19/h5-12,18-19H,4H2,1-3H3. The lowest BCUT2D eigenvalue weighted by Crippen LogP contribution is -2.07. The fraction of sp³-hybridized carbons (Fsp3) is 0.294. The van der Waals surface area contributed by atoms with Crippen molar-refractivity contribution >= 4 is 5.69 Å². The van der Waals surface area contributed by atoms with Gasteiger partial charge in [-0.25, -0.2) is 0 Å². The highest BCUT2D eigenvalue weighted by atomic mass is 16.5. The molecule has 2 aromatic carbocycles. The van der Waals surface area contributed by atoms with E-state index in [-0.39, 0.29) is 11.8 Å². The summed E-state index contributed by atoms with van der Waals surface area (Å²) in [4.78, 5) is 0. The van der Waals surface area contributed by atoms with Crippen LogP contribution in [-0.2, 0) is 0 Å². The molecule has 0 fully saturated rings. The summed E-state index contributed by atoms with van der Waals surface area (Å²) in [6.45, 7) is 4.59. The van der Waals surface area contributed by atoms with Crippen LogP contribution in [0, 0.1) is 0 Å². The third kappa shape index (κ3) is 3.81. The summed E-state index contributed by atoms with van der Waals surface area (Å²) in [5, 5.41) is 13.4. The molecule has 0 aliphatic carbocycles. The van der Waals surface area contributed by atoms with Crippen molar-refractivity contribution in [3.05, 3.63) is 48.0 Å². The number of methoxy groups -OCH3 is 1. The summed E-state index contributed by atoms with van der Waals surface area (Å²) in [6.07, 6.45) is 0. The molecule has 0 heterocycles. The topological polar surface area (TPSA) is 50.7 Å². The average Bonchev–Trinajstić information content (AvgIpc) is 2.47. The first-order valence-electron chi connectivity index (χ1n) is 7.00. The zero-order valence-corrected chi connectivity index (χ0v) is 12.6. The molecule has 4 nitrogen and oxygen atoms in total. The predicted octanol–water partition coefficient (Wildman–Crippen LogP) is 3.97. The van der Waals surface area contributed by atoms with Crippen LogP contribution in [0.4, 0.5) is 5.69 Å². The van der Waals surface area contributed by atoms with Crippen LogP contribution in [0.2, 0.25) is 0 Å². The third-order valence-electron chi connectivity index (χ3n) is 3.23. The van der Waals surface area contributed by atoms with Gasteiger partial charge >= 0.3 is 0 Å². The van der Waals surface area contributed by atoms with Crippen molar-refractivity contribution in [2.45, 2.75) is 19.9 Å². The summed E-state index contributed by atoms with van der Waals surface area (Å²) in [7, 11) is 1.58. The van der Waals surface area contributed by atoms with E-state index in [1.165, 1.54) is 0 Å². The van der Waals surface area contributed by atoms with E-state index in [1.54, 1.807) is 13.2 Å². The quantitative estimate of drug-likeness (QED) is 0.844. The van der Waals surface area contributed by atoms with E-state index in [4.69, 9.17) is 9.47 Å². The maximum atomic E-state index is 10.1. The van der Waals surface area contributed by atoms with Crippen molar-refractivity contribution in [2.75, 3.05) is 19.0 Å². The maximum absolute atomic E-state index is 10.1. The number of aromatic hydroxyl groups is 1. The fourth-order valence-electron chi connectivity index (χ4n) is 2.19. The van der Waals surface area contributed by atoms with Crippen molar-refractivity contribution in [1.29, 1.82) is 0 Å². The highest BCUT2D eigenvalue weighted by molar-refractivity contribution is 5.51. The normalized spacial score (nSPS) is 11.8. The lowest BCUT2D eigenvalue weighted by atomic mass is 10.1. The van der Waals surface area contributed by atoms with E-state index >= 15 is 0 Å². The zero-order valence-electron chi connectivity index (χ0n) is 12.6. The summed E-state index contributed by atoms with van der Waals surface area (Å²) in [6, 6.07) is 13.1. The van der Waals surface area contributed by atoms with E-state index in [1.807, 2.05) is 50.2 Å². The highest BCUT2D eigenvalue weighted by Crippen LogP contribution is 2.31. The molecule has 0 spiro atoms. The fourth-order valence-corrected chi connectivity index (χ4v) is 2.19. The first-order chi connectivity index (χ1) is 10.1. The molecule has 4 heteroatoms. The molecule has 0 saturated carbocycles. The third-order valence-corrected chi connectivity index (χ3v) is 3.23. The number of benzene rings is 2. The monoisotopic (exact) mass is 287 g/mol. The minimum absolute atomic E-state index is 0.0345. The molecule has 0 amide bonds. The summed E-state index contributed by atoms with van der Waals surface area (Å²) in [5.74, 6) is 1.69. The molecule has 0 aliphatic heterocycles. The first-order valence-corrected chi connectivity index (χ1v) is 7.00. The van der Waals surface area contributed by atoms with Gasteiger partial charge in [0.15, 0.2) is 0 Å². The van der Waals surface area contributed by atoms with Gasteiger partial charge in [-0.3, -0.25) is 0 Å². The molecule has 1 atom stereocenters. The van der Waals surface area contributed by atoms with E-state index < -0.39 is 0 Å². The SMILES string of the molecule is CCOc1cccc(NC(C)c2ccc(OC)cc2O)c1. The maximum Gasteiger partial charge on any atom is 0.124 e. The Kier molecular flexibility index (Phi) is 4.93. The average molecular weight is 287 g/mol. The van der Waals surface area contributed by atoms with Gasteiger partial charge in [0.2, 0.25) is 0 Å². The molecule has 0 radical (unpaired) electrons. The Labute approximate surface area is 125 Å². The van der Waals surface area contributed by atoms with E-state index in [2.05, 4.69) is 5.32 Å². The Morgan fingerprint density at radius 3 is 2.62 bits per heavy atom. The van der Waals surface area contributed by atoms with Crippen molar-refractivity contribution in [1.82, 2.24) is 0 Å². The number of hydrogen-bond acceptors (Lipinski definition) is 4. The molecule has 2 rings (SSSR count). The lowest BCUT2D eigenvalue weighted by Gasteiger charge is -2.18. The lowest BCUT2D eigenvalue weighted by molar-refractivity contribution is 0.340. The van der Waals surface area contributed by atoms with Crippen molar-refractivity contribution in [2.24, 2.45) is 0 Å². The highest BCUT2D eigenvalue weighted by Gasteiger charge is 2.11. The largest absolute Gasteiger partial charge is 0.507 e. The molecule has 112 valence electrons. The Morgan fingerprint density at radius 2 is 1.95 bits per heavy atom. The molecular weight excluding hydrogens is 266 g/mol. The Balaban J connectivity index is 2.14. The van der Waals surface area contributed by atoms with Gasteiger partial charge in [-0.1, -0.05) is 6.07 Å². The van der Waals surface area contributed by atoms with Crippen molar-refractivity contribution < 1.29 is 14.6 Å². The Bertz CT molecular complexity index is 598. The second-order valence-corrected chi connectivity index (χ2v) is 4.75. The first kappa shape index (κ1) is 15.0. The van der Waals surface area contributed by atoms with Crippen LogP contribution in [-0.4, -0.2) is 18.8 Å². The van der Waals surface area contributed by atoms with E-state index in [9.17, 15) is 5.11 Å². The van der Waals surface area contributed by atoms with Crippen LogP contribution in [0.25, 0.3) is 0 Å². The number of phenols is 1. The van der Waals surface area contributed by atoms with Gasteiger partial charge in [0, 0.05) is 23.4 Å². The number of rotatable bonds is 6. The van der Waals surface area contributed by atoms with Gasteiger partial charge in [-0.05, 0) is 38.1 Å². The Morgan fingerprint density at radius 1 is 1.14 bits per heavy atom. The minimum Gasteiger partial charge on any atom is -0.507 e. The van der Waals surface area contributed by atoms with Gasteiger partial charge < -0.3 is 19.9 Å². The van der Waals surface area contributed by atoms with Gasteiger partial charge in [0.25, 0.3) is 0 Å². The summed E-state index contributed by atoms with van der Waals surface area (Å²) in [5.41, 5.74) is 1.77. The van der Waals surface area contributed by atoms with Crippen molar-refractivity contribution in [3.63, 3.8) is 0 Å². The Hall–Kier alpha value is -2.36. The number of phenolic OH excluding ortho intramolecular Hbond substituents is 1. The number of anilines is 1. The number of ether oxygens (including phenoxy) is 2. The molecule has 2 N–H and O–H groups in total. The van der Waals surface area contributed by atoms with Gasteiger partial charge in [0.1, 0.15) is 17.2 Å². The van der Waals surface area contributed by atoms with Crippen LogP contribution in [0.3, 0.4) is 0 Å². The van der Waals surface area contributed by atoms with Gasteiger partial charge in [-0.2, -0.15) is 0 Å². The molecule has 0 bridgehead atoms. The van der Waals surface area contributed by atoms with Crippen LogP contribution >= 0.6 is 0 Å². The molecular formula is C17H21NO3. The molecule has 21 heavy (non-hydrogen) atoms. The van der Waals surface area contributed by atoms with E-state index in [0.717, 1.165) is 17.0 Å². The van der Waals surface area contributed by atoms with Crippen LogP contribution in [0.1, 0.15) is 25.5 Å². The summed E-state index contributed by atoms with van der Waals surface area (Å²) >= 11 is 0. The number of nitrogens with one attached hydrogen (secondary N) is 1. The van der Waals surface area contributed by atoms with Crippen LogP contribution < -0.4 is 14.8 Å². The smallest absolute Gasteiger partial charge is 0.124 e. The van der Waals surface area contributed by atoms with Crippen molar-refractivity contribution in [3.8, 4) is 17.2 Å². The van der Waals surface area contributed by atoms with Crippen LogP contribution in [0.15, 0.2) is 42.5 Å². The second kappa shape index (κ2) is 6.88. The molecule has 0 aromatic heterocycles. The van der Waals surface area contributed by atoms with E-state index in [0.29, 0.717) is 12.4 Å². The summed E-state index contributed by atoms with van der Waals surface area (Å²) < 4.78 is 10.6. The van der Waals surface area contributed by atoms with Gasteiger partial charge in [-0.15, -0.1) is 0 Å². The molecule has 2 aromatic rings. The predicted molar refractivity (Wildman–Crippen MR) is 84.3 cm³/mol. The minimum atomic E-state index is -0.0345. The molecule has 0 aliphatic rings. The second-order valence-electron chi connectivity index (χ2n) is 4.75. The number of hydrogen-bond donors (Lipinski definition) is 2. The molecule has 1 unspecified atom stereocenters. The van der Waals surface area contributed by atoms with Gasteiger partial charge in [0.05, 0.1) is 19.8 Å². The van der Waals surface area contributed by atoms with Crippen LogP contribution in [0.5, 0.6) is 17.2 Å².